The molecule has 0 saturated carbocycles. The fraction of sp³-hybridized carbons (Fsp3) is 0.167. The second-order valence-electron chi connectivity index (χ2n) is 7.30. The normalized spacial score (nSPS) is 10.9. The van der Waals surface area contributed by atoms with Crippen molar-refractivity contribution in [1.82, 2.24) is 0 Å². The lowest BCUT2D eigenvalue weighted by Gasteiger charge is -2.16. The lowest BCUT2D eigenvalue weighted by atomic mass is 10.1. The number of carbonyl (C=O) groups excluding carboxylic acids is 2. The van der Waals surface area contributed by atoms with E-state index in [2.05, 4.69) is 14.8 Å². The summed E-state index contributed by atoms with van der Waals surface area (Å²) in [6.07, 6.45) is 0. The van der Waals surface area contributed by atoms with Crippen molar-refractivity contribution in [2.75, 3.05) is 31.4 Å². The first kappa shape index (κ1) is 25.9. The number of sulfonamides is 1. The molecular weight excluding hydrogens is 496 g/mol. The predicted octanol–water partition coefficient (Wildman–Crippen LogP) is 4.51. The Morgan fingerprint density at radius 3 is 2.26 bits per heavy atom. The standard InChI is InChI=1S/C24H23ClN2O7S/c1-14-8-9-15(23(28)26-17-7-5-6-16(10-17)24(29)34-4)11-22(14)35(30,31)27-19-12-18(25)20(32-2)13-21(19)33-3/h5-13,27H,1-4H3,(H,26,28). The van der Waals surface area contributed by atoms with Gasteiger partial charge in [0.05, 0.1) is 42.5 Å². The Labute approximate surface area is 208 Å². The van der Waals surface area contributed by atoms with Gasteiger partial charge in [0.25, 0.3) is 15.9 Å². The Hall–Kier alpha value is -3.76. The number of hydrogen-bond donors (Lipinski definition) is 2. The van der Waals surface area contributed by atoms with Crippen molar-refractivity contribution in [3.8, 4) is 11.5 Å². The van der Waals surface area contributed by atoms with Crippen LogP contribution in [0.2, 0.25) is 5.02 Å². The van der Waals surface area contributed by atoms with Crippen molar-refractivity contribution in [2.45, 2.75) is 11.8 Å². The van der Waals surface area contributed by atoms with E-state index in [0.29, 0.717) is 17.0 Å². The van der Waals surface area contributed by atoms with Gasteiger partial charge >= 0.3 is 5.97 Å². The molecule has 0 atom stereocenters. The fourth-order valence-electron chi connectivity index (χ4n) is 3.22. The van der Waals surface area contributed by atoms with Gasteiger partial charge in [0, 0.05) is 17.3 Å². The van der Waals surface area contributed by atoms with Crippen LogP contribution in [-0.4, -0.2) is 41.6 Å². The van der Waals surface area contributed by atoms with Gasteiger partial charge in [0.2, 0.25) is 0 Å². The third kappa shape index (κ3) is 5.84. The van der Waals surface area contributed by atoms with Gasteiger partial charge in [-0.1, -0.05) is 23.7 Å². The van der Waals surface area contributed by atoms with Gasteiger partial charge < -0.3 is 19.5 Å². The van der Waals surface area contributed by atoms with Crippen LogP contribution in [-0.2, 0) is 14.8 Å². The van der Waals surface area contributed by atoms with Gasteiger partial charge in [-0.15, -0.1) is 0 Å². The first-order valence-corrected chi connectivity index (χ1v) is 12.0. The van der Waals surface area contributed by atoms with Crippen LogP contribution in [0.5, 0.6) is 11.5 Å². The van der Waals surface area contributed by atoms with E-state index < -0.39 is 21.9 Å². The van der Waals surface area contributed by atoms with Gasteiger partial charge in [-0.05, 0) is 48.9 Å². The van der Waals surface area contributed by atoms with E-state index in [0.717, 1.165) is 0 Å². The minimum atomic E-state index is -4.13. The Kier molecular flexibility index (Phi) is 7.88. The lowest BCUT2D eigenvalue weighted by Crippen LogP contribution is -2.17. The number of halogens is 1. The van der Waals surface area contributed by atoms with Gasteiger partial charge in [-0.3, -0.25) is 9.52 Å². The van der Waals surface area contributed by atoms with Crippen LogP contribution >= 0.6 is 11.6 Å². The summed E-state index contributed by atoms with van der Waals surface area (Å²) in [5.74, 6) is -0.595. The second-order valence-corrected chi connectivity index (χ2v) is 9.36. The minimum absolute atomic E-state index is 0.0965. The van der Waals surface area contributed by atoms with Crippen LogP contribution in [0.1, 0.15) is 26.3 Å². The van der Waals surface area contributed by atoms with Crippen molar-refractivity contribution in [3.63, 3.8) is 0 Å². The molecule has 0 aliphatic heterocycles. The second kappa shape index (κ2) is 10.7. The maximum absolute atomic E-state index is 13.2. The average Bonchev–Trinajstić information content (AvgIpc) is 2.83. The van der Waals surface area contributed by atoms with Gasteiger partial charge in [0.15, 0.2) is 0 Å². The van der Waals surface area contributed by atoms with Crippen LogP contribution in [0.15, 0.2) is 59.5 Å². The number of nitrogens with one attached hydrogen (secondary N) is 2. The predicted molar refractivity (Wildman–Crippen MR) is 132 cm³/mol. The summed E-state index contributed by atoms with van der Waals surface area (Å²) in [5.41, 5.74) is 1.22. The van der Waals surface area contributed by atoms with Gasteiger partial charge in [0.1, 0.15) is 11.5 Å². The summed E-state index contributed by atoms with van der Waals surface area (Å²) in [6, 6.07) is 13.3. The molecule has 3 rings (SSSR count). The van der Waals surface area contributed by atoms with E-state index in [-0.39, 0.29) is 32.5 Å². The van der Waals surface area contributed by atoms with Crippen LogP contribution < -0.4 is 19.5 Å². The number of methoxy groups -OCH3 is 3. The van der Waals surface area contributed by atoms with Crippen molar-refractivity contribution >= 4 is 44.9 Å². The number of esters is 1. The molecule has 0 heterocycles. The number of aryl methyl sites for hydroxylation is 1. The molecule has 184 valence electrons. The maximum Gasteiger partial charge on any atom is 0.337 e. The first-order valence-electron chi connectivity index (χ1n) is 10.1. The molecule has 0 bridgehead atoms. The van der Waals surface area contributed by atoms with E-state index in [1.54, 1.807) is 25.1 Å². The average molecular weight is 519 g/mol. The van der Waals surface area contributed by atoms with E-state index in [1.165, 1.54) is 57.7 Å². The summed E-state index contributed by atoms with van der Waals surface area (Å²) >= 11 is 6.15. The molecule has 0 unspecified atom stereocenters. The summed E-state index contributed by atoms with van der Waals surface area (Å²) < 4.78 is 44.0. The largest absolute Gasteiger partial charge is 0.495 e. The van der Waals surface area contributed by atoms with E-state index in [9.17, 15) is 18.0 Å². The van der Waals surface area contributed by atoms with Crippen LogP contribution in [0, 0.1) is 6.92 Å². The summed E-state index contributed by atoms with van der Waals surface area (Å²) in [5, 5.41) is 2.84. The van der Waals surface area contributed by atoms with Gasteiger partial charge in [-0.2, -0.15) is 0 Å². The molecule has 0 aromatic heterocycles. The van der Waals surface area contributed by atoms with Crippen LogP contribution in [0.25, 0.3) is 0 Å². The summed E-state index contributed by atoms with van der Waals surface area (Å²) in [7, 11) is -0.0709. The molecule has 0 fully saturated rings. The summed E-state index contributed by atoms with van der Waals surface area (Å²) in [4.78, 5) is 24.5. The maximum atomic E-state index is 13.2. The third-order valence-corrected chi connectivity index (χ3v) is 6.80. The van der Waals surface area contributed by atoms with Crippen LogP contribution in [0.3, 0.4) is 0 Å². The minimum Gasteiger partial charge on any atom is -0.495 e. The zero-order valence-electron chi connectivity index (χ0n) is 19.3. The molecule has 0 radical (unpaired) electrons. The quantitative estimate of drug-likeness (QED) is 0.421. The zero-order valence-corrected chi connectivity index (χ0v) is 20.9. The van der Waals surface area contributed by atoms with Crippen molar-refractivity contribution in [3.05, 3.63) is 76.3 Å². The van der Waals surface area contributed by atoms with Crippen molar-refractivity contribution in [1.29, 1.82) is 0 Å². The fourth-order valence-corrected chi connectivity index (χ4v) is 4.79. The number of benzene rings is 3. The topological polar surface area (TPSA) is 120 Å². The van der Waals surface area contributed by atoms with E-state index >= 15 is 0 Å². The number of amides is 1. The Balaban J connectivity index is 1.91. The highest BCUT2D eigenvalue weighted by Crippen LogP contribution is 2.37. The molecule has 2 N–H and O–H groups in total. The van der Waals surface area contributed by atoms with E-state index in [4.69, 9.17) is 21.1 Å². The number of anilines is 2. The molecule has 1 amide bonds. The molecule has 3 aromatic rings. The highest BCUT2D eigenvalue weighted by molar-refractivity contribution is 7.92. The third-order valence-electron chi connectivity index (χ3n) is 5.00. The molecule has 0 aliphatic carbocycles. The highest BCUT2D eigenvalue weighted by atomic mass is 35.5. The molecular formula is C24H23ClN2O7S. The van der Waals surface area contributed by atoms with Crippen LogP contribution in [0.4, 0.5) is 11.4 Å². The van der Waals surface area contributed by atoms with Crippen molar-refractivity contribution in [2.24, 2.45) is 0 Å². The SMILES string of the molecule is COC(=O)c1cccc(NC(=O)c2ccc(C)c(S(=O)(=O)Nc3cc(Cl)c(OC)cc3OC)c2)c1. The molecule has 9 nitrogen and oxygen atoms in total. The lowest BCUT2D eigenvalue weighted by molar-refractivity contribution is 0.0600. The Morgan fingerprint density at radius 1 is 0.886 bits per heavy atom. The monoisotopic (exact) mass is 518 g/mol. The molecule has 0 spiro atoms. The first-order chi connectivity index (χ1) is 16.6. The molecule has 35 heavy (non-hydrogen) atoms. The number of hydrogen-bond acceptors (Lipinski definition) is 7. The molecule has 11 heteroatoms. The molecule has 0 saturated heterocycles. The molecule has 3 aromatic carbocycles. The molecule has 0 aliphatic rings. The Morgan fingerprint density at radius 2 is 1.60 bits per heavy atom. The van der Waals surface area contributed by atoms with Crippen molar-refractivity contribution < 1.29 is 32.2 Å². The number of carbonyl (C=O) groups is 2. The smallest absolute Gasteiger partial charge is 0.337 e. The Bertz CT molecular complexity index is 1390. The number of rotatable bonds is 8. The highest BCUT2D eigenvalue weighted by Gasteiger charge is 2.22. The number of ether oxygens (including phenoxy) is 3. The summed E-state index contributed by atoms with van der Waals surface area (Å²) in [6.45, 7) is 1.61. The zero-order chi connectivity index (χ0) is 25.8. The van der Waals surface area contributed by atoms with Gasteiger partial charge in [-0.25, -0.2) is 13.2 Å². The van der Waals surface area contributed by atoms with E-state index in [1.807, 2.05) is 0 Å².